The van der Waals surface area contributed by atoms with E-state index in [-0.39, 0.29) is 28.0 Å². The van der Waals surface area contributed by atoms with Gasteiger partial charge in [-0.3, -0.25) is 4.79 Å². The van der Waals surface area contributed by atoms with E-state index in [1.807, 2.05) is 0 Å². The quantitative estimate of drug-likeness (QED) is 0.115. The molecule has 3 aromatic rings. The molecule has 246 valence electrons. The molecule has 2 aliphatic rings. The Morgan fingerprint density at radius 3 is 2.04 bits per heavy atom. The highest BCUT2D eigenvalue weighted by Crippen LogP contribution is 2.44. The smallest absolute Gasteiger partial charge is 0.230 e. The Morgan fingerprint density at radius 2 is 1.42 bits per heavy atom. The molecule has 3 heterocycles. The summed E-state index contributed by atoms with van der Waals surface area (Å²) < 4.78 is 33.5. The zero-order chi connectivity index (χ0) is 32.7. The number of benzene rings is 2. The van der Waals surface area contributed by atoms with Gasteiger partial charge in [0.05, 0.1) is 20.3 Å². The molecule has 0 saturated carbocycles. The Bertz CT molecular complexity index is 1570. The van der Waals surface area contributed by atoms with Gasteiger partial charge < -0.3 is 79.2 Å². The molecule has 0 amide bonds. The number of hydrogen-bond acceptors (Lipinski definition) is 17. The second-order valence-corrected chi connectivity index (χ2v) is 10.4. The first-order chi connectivity index (χ1) is 21.4. The highest BCUT2D eigenvalue weighted by atomic mass is 16.8. The van der Waals surface area contributed by atoms with Crippen LogP contribution in [0.5, 0.6) is 28.7 Å². The van der Waals surface area contributed by atoms with Crippen molar-refractivity contribution in [3.05, 3.63) is 40.6 Å². The highest BCUT2D eigenvalue weighted by Gasteiger charge is 2.51. The third-order valence-corrected chi connectivity index (χ3v) is 7.59. The number of ether oxygens (including phenoxy) is 5. The molecule has 2 saturated heterocycles. The molecule has 5 rings (SSSR count). The Balaban J connectivity index is 1.53. The first kappa shape index (κ1) is 32.6. The van der Waals surface area contributed by atoms with E-state index >= 15 is 0 Å². The number of methoxy groups -OCH3 is 1. The normalized spacial score (nSPS) is 32.0. The predicted octanol–water partition coefficient (Wildman–Crippen LogP) is -2.41. The van der Waals surface area contributed by atoms with Crippen molar-refractivity contribution in [3.8, 4) is 40.1 Å². The molecular weight excluding hydrogens is 608 g/mol. The maximum atomic E-state index is 13.2. The molecule has 2 fully saturated rings. The van der Waals surface area contributed by atoms with Crippen LogP contribution in [0, 0.1) is 0 Å². The summed E-state index contributed by atoms with van der Waals surface area (Å²) >= 11 is 0. The van der Waals surface area contributed by atoms with E-state index in [0.29, 0.717) is 0 Å². The van der Waals surface area contributed by atoms with Crippen molar-refractivity contribution >= 4 is 11.0 Å². The fraction of sp³-hybridized carbons (Fsp3) is 0.464. The number of aliphatic hydroxyl groups excluding tert-OH is 7. The second-order valence-electron chi connectivity index (χ2n) is 10.4. The van der Waals surface area contributed by atoms with Crippen LogP contribution in [0.1, 0.15) is 0 Å². The summed E-state index contributed by atoms with van der Waals surface area (Å²) in [5, 5.41) is 102. The lowest BCUT2D eigenvalue weighted by molar-refractivity contribution is -0.358. The summed E-state index contributed by atoms with van der Waals surface area (Å²) in [5.41, 5.74) is -0.741. The summed E-state index contributed by atoms with van der Waals surface area (Å²) in [4.78, 5) is 13.2. The Kier molecular flexibility index (Phi) is 9.38. The third kappa shape index (κ3) is 5.98. The maximum absolute atomic E-state index is 13.2. The van der Waals surface area contributed by atoms with Gasteiger partial charge in [-0.25, -0.2) is 0 Å². The van der Waals surface area contributed by atoms with Gasteiger partial charge in [0.1, 0.15) is 59.5 Å². The third-order valence-electron chi connectivity index (χ3n) is 7.59. The van der Waals surface area contributed by atoms with Crippen molar-refractivity contribution in [2.45, 2.75) is 61.4 Å². The van der Waals surface area contributed by atoms with Crippen LogP contribution in [-0.2, 0) is 14.2 Å². The monoisotopic (exact) mass is 640 g/mol. The van der Waals surface area contributed by atoms with Gasteiger partial charge in [0.25, 0.3) is 0 Å². The minimum atomic E-state index is -1.92. The molecular formula is C28H32O17. The van der Waals surface area contributed by atoms with E-state index < -0.39 is 103 Å². The van der Waals surface area contributed by atoms with Gasteiger partial charge in [-0.1, -0.05) is 0 Å². The molecule has 10 atom stereocenters. The van der Waals surface area contributed by atoms with Gasteiger partial charge in [0, 0.05) is 17.7 Å². The number of aromatic hydroxyl groups is 3. The number of phenolic OH excluding ortho intramolecular Hbond substituents is 3. The van der Waals surface area contributed by atoms with Crippen LogP contribution in [0.3, 0.4) is 0 Å². The van der Waals surface area contributed by atoms with E-state index in [0.717, 1.165) is 12.1 Å². The van der Waals surface area contributed by atoms with E-state index in [9.17, 15) is 55.9 Å². The average Bonchev–Trinajstić information content (AvgIpc) is 3.02. The molecule has 2 aliphatic heterocycles. The van der Waals surface area contributed by atoms with Crippen molar-refractivity contribution in [3.63, 3.8) is 0 Å². The summed E-state index contributed by atoms with van der Waals surface area (Å²) in [5.74, 6) is -2.48. The van der Waals surface area contributed by atoms with Gasteiger partial charge >= 0.3 is 0 Å². The summed E-state index contributed by atoms with van der Waals surface area (Å²) in [6, 6.07) is 5.90. The molecule has 17 nitrogen and oxygen atoms in total. The molecule has 10 N–H and O–H groups in total. The Morgan fingerprint density at radius 1 is 0.778 bits per heavy atom. The molecule has 0 radical (unpaired) electrons. The molecule has 1 aromatic heterocycles. The van der Waals surface area contributed by atoms with Crippen LogP contribution < -0.4 is 14.9 Å². The van der Waals surface area contributed by atoms with Crippen LogP contribution in [0.4, 0.5) is 0 Å². The van der Waals surface area contributed by atoms with Gasteiger partial charge in [-0.2, -0.15) is 0 Å². The lowest BCUT2D eigenvalue weighted by atomic mass is 9.97. The number of fused-ring (bicyclic) bond motifs is 1. The van der Waals surface area contributed by atoms with Crippen LogP contribution in [0.25, 0.3) is 22.3 Å². The van der Waals surface area contributed by atoms with Crippen LogP contribution >= 0.6 is 0 Å². The maximum Gasteiger partial charge on any atom is 0.230 e. The van der Waals surface area contributed by atoms with Crippen molar-refractivity contribution in [1.82, 2.24) is 0 Å². The zero-order valence-electron chi connectivity index (χ0n) is 23.4. The molecule has 0 unspecified atom stereocenters. The average molecular weight is 641 g/mol. The fourth-order valence-electron chi connectivity index (χ4n) is 5.09. The van der Waals surface area contributed by atoms with Crippen LogP contribution in [0.2, 0.25) is 0 Å². The number of phenols is 3. The molecule has 45 heavy (non-hydrogen) atoms. The SMILES string of the molecule is COc1cc2oc(-c3ccc(O)c(O)c3)cc(=O)c2c(O)c1O[C@@H]1O[C@H](CO)[C@@H](O)[C@H](O)[C@@H]1O[C@@H]1O[C@H](CO)[C@H](O)[C@H](O)[C@@H]1O. The molecule has 0 aliphatic carbocycles. The van der Waals surface area contributed by atoms with E-state index in [1.54, 1.807) is 0 Å². The first-order valence-corrected chi connectivity index (χ1v) is 13.5. The molecule has 0 spiro atoms. The summed E-state index contributed by atoms with van der Waals surface area (Å²) in [7, 11) is 1.19. The van der Waals surface area contributed by atoms with Crippen LogP contribution in [0.15, 0.2) is 39.5 Å². The lowest BCUT2D eigenvalue weighted by Gasteiger charge is -2.45. The summed E-state index contributed by atoms with van der Waals surface area (Å²) in [6.07, 6.45) is -17.4. The van der Waals surface area contributed by atoms with Gasteiger partial charge in [-0.15, -0.1) is 0 Å². The van der Waals surface area contributed by atoms with Crippen molar-refractivity contribution < 1.29 is 79.2 Å². The van der Waals surface area contributed by atoms with E-state index in [4.69, 9.17) is 28.1 Å². The molecule has 0 bridgehead atoms. The largest absolute Gasteiger partial charge is 0.504 e. The second kappa shape index (κ2) is 12.9. The number of aliphatic hydroxyl groups is 7. The van der Waals surface area contributed by atoms with Gasteiger partial charge in [0.15, 0.2) is 40.8 Å². The topological polar surface area (TPSA) is 279 Å². The minimum Gasteiger partial charge on any atom is -0.504 e. The lowest BCUT2D eigenvalue weighted by Crippen LogP contribution is -2.65. The standard InChI is InChI=1S/C28H32O17/c1-40-15-6-14-18(12(33)5-13(41-14)9-2-3-10(31)11(32)4-9)21(36)25(15)44-28-26(23(38)20(35)17(8-30)43-28)45-27-24(39)22(37)19(34)16(7-29)42-27/h2-6,16-17,19-20,22-24,26-32,34-39H,7-8H2,1H3/t16-,17-,19+,20-,22+,23+,24+,26+,27+,28+/m1/s1. The number of hydrogen-bond donors (Lipinski definition) is 10. The number of rotatable bonds is 8. The molecule has 2 aromatic carbocycles. The fourth-order valence-corrected chi connectivity index (χ4v) is 5.09. The zero-order valence-corrected chi connectivity index (χ0v) is 23.4. The van der Waals surface area contributed by atoms with Gasteiger partial charge in [-0.05, 0) is 18.2 Å². The highest BCUT2D eigenvalue weighted by molar-refractivity contribution is 5.89. The molecule has 17 heteroatoms. The van der Waals surface area contributed by atoms with E-state index in [1.165, 1.54) is 25.3 Å². The van der Waals surface area contributed by atoms with Crippen LogP contribution in [-0.4, -0.2) is 133 Å². The van der Waals surface area contributed by atoms with Gasteiger partial charge in [0.2, 0.25) is 12.0 Å². The van der Waals surface area contributed by atoms with Crippen molar-refractivity contribution in [2.24, 2.45) is 0 Å². The first-order valence-electron chi connectivity index (χ1n) is 13.5. The van der Waals surface area contributed by atoms with E-state index in [2.05, 4.69) is 0 Å². The van der Waals surface area contributed by atoms with Crippen molar-refractivity contribution in [1.29, 1.82) is 0 Å². The minimum absolute atomic E-state index is 0.0376. The predicted molar refractivity (Wildman–Crippen MR) is 146 cm³/mol. The Hall–Kier alpha value is -3.75. The van der Waals surface area contributed by atoms with Crippen molar-refractivity contribution in [2.75, 3.05) is 20.3 Å². The summed E-state index contributed by atoms with van der Waals surface area (Å²) in [6.45, 7) is -1.60. The Labute approximate surface area is 252 Å².